The van der Waals surface area contributed by atoms with Gasteiger partial charge in [-0.2, -0.15) is 0 Å². The molecular weight excluding hydrogens is 454 g/mol. The zero-order valence-corrected chi connectivity index (χ0v) is 22.5. The molecule has 2 aromatic carbocycles. The molecule has 2 N–H and O–H groups in total. The number of fused-ring (bicyclic) bond motifs is 1. The van der Waals surface area contributed by atoms with Crippen molar-refractivity contribution < 1.29 is 19.7 Å². The number of methoxy groups -OCH3 is 1. The van der Waals surface area contributed by atoms with E-state index in [0.717, 1.165) is 29.8 Å². The van der Waals surface area contributed by atoms with E-state index < -0.39 is 6.10 Å². The maximum Gasteiger partial charge on any atom is 0.161 e. The smallest absolute Gasteiger partial charge is 0.161 e. The van der Waals surface area contributed by atoms with Gasteiger partial charge in [0.25, 0.3) is 0 Å². The minimum absolute atomic E-state index is 0.121. The molecule has 7 nitrogen and oxygen atoms in total. The van der Waals surface area contributed by atoms with E-state index in [9.17, 15) is 10.2 Å². The van der Waals surface area contributed by atoms with E-state index in [1.807, 2.05) is 18.2 Å². The molecule has 1 aromatic heterocycles. The van der Waals surface area contributed by atoms with Crippen LogP contribution in [0.2, 0.25) is 0 Å². The maximum absolute atomic E-state index is 11.1. The molecule has 1 heterocycles. The van der Waals surface area contributed by atoms with Crippen LogP contribution >= 0.6 is 0 Å². The van der Waals surface area contributed by atoms with Crippen molar-refractivity contribution in [3.63, 3.8) is 0 Å². The fourth-order valence-electron chi connectivity index (χ4n) is 4.69. The number of rotatable bonds is 15. The van der Waals surface area contributed by atoms with Gasteiger partial charge in [-0.3, -0.25) is 4.90 Å². The van der Waals surface area contributed by atoms with E-state index in [0.29, 0.717) is 45.0 Å². The van der Waals surface area contributed by atoms with Gasteiger partial charge in [0.15, 0.2) is 11.5 Å². The van der Waals surface area contributed by atoms with E-state index in [4.69, 9.17) is 9.47 Å². The highest BCUT2D eigenvalue weighted by Gasteiger charge is 2.17. The van der Waals surface area contributed by atoms with Crippen molar-refractivity contribution in [3.8, 4) is 11.5 Å². The molecule has 1 atom stereocenters. The van der Waals surface area contributed by atoms with Crippen LogP contribution in [0.3, 0.4) is 0 Å². The summed E-state index contributed by atoms with van der Waals surface area (Å²) in [4.78, 5) is 4.33. The third kappa shape index (κ3) is 7.46. The van der Waals surface area contributed by atoms with Gasteiger partial charge in [0, 0.05) is 49.4 Å². The molecule has 0 unspecified atom stereocenters. The molecule has 0 spiro atoms. The monoisotopic (exact) mass is 497 g/mol. The Kier molecular flexibility index (Phi) is 10.6. The summed E-state index contributed by atoms with van der Waals surface area (Å²) >= 11 is 0. The third-order valence-electron chi connectivity index (χ3n) is 6.68. The van der Waals surface area contributed by atoms with Crippen molar-refractivity contribution in [3.05, 3.63) is 59.3 Å². The second kappa shape index (κ2) is 13.7. The van der Waals surface area contributed by atoms with Crippen LogP contribution in [0.1, 0.15) is 29.7 Å². The molecule has 3 rings (SSSR count). The predicted molar refractivity (Wildman–Crippen MR) is 146 cm³/mol. The SMILES string of the molecule is COc1cc(CN(CCCO)C[C@@H](O)Cn2c(C)c(C)c3ccccc32)ccc1OCCCN(C)C. The van der Waals surface area contributed by atoms with E-state index in [1.165, 1.54) is 16.6 Å². The van der Waals surface area contributed by atoms with Gasteiger partial charge in [-0.25, -0.2) is 0 Å². The molecule has 0 aliphatic carbocycles. The van der Waals surface area contributed by atoms with E-state index in [1.54, 1.807) is 7.11 Å². The molecule has 7 heteroatoms. The Hall–Kier alpha value is -2.58. The highest BCUT2D eigenvalue weighted by molar-refractivity contribution is 5.85. The molecule has 0 saturated carbocycles. The van der Waals surface area contributed by atoms with Crippen LogP contribution in [0.25, 0.3) is 10.9 Å². The van der Waals surface area contributed by atoms with Crippen molar-refractivity contribution in [2.24, 2.45) is 0 Å². The topological polar surface area (TPSA) is 70.3 Å². The van der Waals surface area contributed by atoms with Crippen molar-refractivity contribution in [2.45, 2.75) is 45.9 Å². The zero-order valence-electron chi connectivity index (χ0n) is 22.5. The Morgan fingerprint density at radius 3 is 2.50 bits per heavy atom. The summed E-state index contributed by atoms with van der Waals surface area (Å²) in [5.74, 6) is 1.46. The largest absolute Gasteiger partial charge is 0.493 e. The van der Waals surface area contributed by atoms with Crippen LogP contribution in [-0.4, -0.2) is 84.7 Å². The van der Waals surface area contributed by atoms with Crippen LogP contribution in [0.4, 0.5) is 0 Å². The van der Waals surface area contributed by atoms with Gasteiger partial charge in [-0.15, -0.1) is 0 Å². The lowest BCUT2D eigenvalue weighted by atomic mass is 10.1. The number of aryl methyl sites for hydroxylation is 1. The Bertz CT molecular complexity index is 1100. The number of benzene rings is 2. The highest BCUT2D eigenvalue weighted by Crippen LogP contribution is 2.29. The minimum Gasteiger partial charge on any atom is -0.493 e. The summed E-state index contributed by atoms with van der Waals surface area (Å²) in [5.41, 5.74) is 4.67. The van der Waals surface area contributed by atoms with Crippen molar-refractivity contribution in [2.75, 3.05) is 54.1 Å². The van der Waals surface area contributed by atoms with Gasteiger partial charge < -0.3 is 29.2 Å². The summed E-state index contributed by atoms with van der Waals surface area (Å²) in [5, 5.41) is 21.7. The van der Waals surface area contributed by atoms with Crippen molar-refractivity contribution in [1.82, 2.24) is 14.4 Å². The molecule has 3 aromatic rings. The second-order valence-corrected chi connectivity index (χ2v) is 9.79. The first-order valence-corrected chi connectivity index (χ1v) is 12.8. The second-order valence-electron chi connectivity index (χ2n) is 9.79. The van der Waals surface area contributed by atoms with Gasteiger partial charge in [0.1, 0.15) is 0 Å². The number of aliphatic hydroxyl groups excluding tert-OH is 2. The molecule has 0 radical (unpaired) electrons. The lowest BCUT2D eigenvalue weighted by molar-refractivity contribution is 0.0908. The van der Waals surface area contributed by atoms with Crippen LogP contribution < -0.4 is 9.47 Å². The number of nitrogens with zero attached hydrogens (tertiary/aromatic N) is 3. The van der Waals surface area contributed by atoms with E-state index >= 15 is 0 Å². The number of para-hydroxylation sites is 1. The number of aliphatic hydroxyl groups is 2. The summed E-state index contributed by atoms with van der Waals surface area (Å²) < 4.78 is 13.8. The van der Waals surface area contributed by atoms with Gasteiger partial charge >= 0.3 is 0 Å². The fourth-order valence-corrected chi connectivity index (χ4v) is 4.69. The Morgan fingerprint density at radius 1 is 1.00 bits per heavy atom. The summed E-state index contributed by atoms with van der Waals surface area (Å²) in [6.45, 7) is 8.36. The van der Waals surface area contributed by atoms with Crippen LogP contribution in [0.15, 0.2) is 42.5 Å². The van der Waals surface area contributed by atoms with Gasteiger partial charge in [0.05, 0.1) is 26.4 Å². The molecular formula is C29H43N3O4. The molecule has 0 aliphatic rings. The third-order valence-corrected chi connectivity index (χ3v) is 6.68. The average Bonchev–Trinajstić information content (AvgIpc) is 3.10. The number of hydrogen-bond donors (Lipinski definition) is 2. The van der Waals surface area contributed by atoms with Crippen molar-refractivity contribution in [1.29, 1.82) is 0 Å². The molecule has 0 aliphatic heterocycles. The molecule has 0 fully saturated rings. The Morgan fingerprint density at radius 2 is 1.78 bits per heavy atom. The Balaban J connectivity index is 1.67. The van der Waals surface area contributed by atoms with Gasteiger partial charge in [0.2, 0.25) is 0 Å². The fraction of sp³-hybridized carbons (Fsp3) is 0.517. The average molecular weight is 498 g/mol. The first kappa shape index (κ1) is 28.0. The maximum atomic E-state index is 11.1. The van der Waals surface area contributed by atoms with Crippen LogP contribution in [-0.2, 0) is 13.1 Å². The van der Waals surface area contributed by atoms with Crippen LogP contribution in [0, 0.1) is 13.8 Å². The number of aromatic nitrogens is 1. The van der Waals surface area contributed by atoms with Crippen molar-refractivity contribution >= 4 is 10.9 Å². The van der Waals surface area contributed by atoms with Crippen LogP contribution in [0.5, 0.6) is 11.5 Å². The molecule has 198 valence electrons. The zero-order chi connectivity index (χ0) is 26.1. The molecule has 36 heavy (non-hydrogen) atoms. The normalized spacial score (nSPS) is 12.6. The standard InChI is InChI=1S/C29H43N3O4/c1-22-23(2)32(27-11-7-6-10-26(22)27)21-25(34)20-31(15-8-16-33)19-24-12-13-28(29(18-24)35-5)36-17-9-14-30(3)4/h6-7,10-13,18,25,33-34H,8-9,14-17,19-21H2,1-5H3/t25-/m1/s1. The summed E-state index contributed by atoms with van der Waals surface area (Å²) in [6, 6.07) is 14.4. The van der Waals surface area contributed by atoms with E-state index in [2.05, 4.69) is 66.6 Å². The molecule has 0 amide bonds. The molecule has 0 saturated heterocycles. The number of ether oxygens (including phenoxy) is 2. The molecule has 0 bridgehead atoms. The first-order valence-electron chi connectivity index (χ1n) is 12.8. The van der Waals surface area contributed by atoms with Gasteiger partial charge in [-0.1, -0.05) is 24.3 Å². The number of hydrogen-bond acceptors (Lipinski definition) is 6. The highest BCUT2D eigenvalue weighted by atomic mass is 16.5. The quantitative estimate of drug-likeness (QED) is 0.311. The van der Waals surface area contributed by atoms with E-state index in [-0.39, 0.29) is 6.61 Å². The first-order chi connectivity index (χ1) is 17.3. The lowest BCUT2D eigenvalue weighted by Gasteiger charge is -2.26. The Labute approximate surface area is 215 Å². The predicted octanol–water partition coefficient (Wildman–Crippen LogP) is 3.84. The minimum atomic E-state index is -0.543. The lowest BCUT2D eigenvalue weighted by Crippen LogP contribution is -2.35. The summed E-state index contributed by atoms with van der Waals surface area (Å²) in [6.07, 6.45) is 1.06. The summed E-state index contributed by atoms with van der Waals surface area (Å²) in [7, 11) is 5.76. The van der Waals surface area contributed by atoms with Gasteiger partial charge in [-0.05, 0) is 70.1 Å².